The molecule has 7 rings (SSSR count). The number of benzene rings is 4. The number of carbonyl (C=O) groups excluding carboxylic acids is 1. The molecule has 0 amide bonds. The van der Waals surface area contributed by atoms with E-state index in [1.54, 1.807) is 12.1 Å². The van der Waals surface area contributed by atoms with Crippen LogP contribution in [0.25, 0.3) is 21.5 Å². The number of ether oxygens (including phenoxy) is 1. The Bertz CT molecular complexity index is 1770. The van der Waals surface area contributed by atoms with Crippen molar-refractivity contribution in [2.24, 2.45) is 5.92 Å². The lowest BCUT2D eigenvalue weighted by atomic mass is 9.57. The number of rotatable bonds is 4. The van der Waals surface area contributed by atoms with E-state index in [4.69, 9.17) is 4.55 Å². The molecule has 0 saturated heterocycles. The molecular formula is C28H19F5O5S. The Morgan fingerprint density at radius 3 is 1.92 bits per heavy atom. The largest absolute Gasteiger partial charge is 0.444 e. The lowest BCUT2D eigenvalue weighted by molar-refractivity contribution is -0.261. The Morgan fingerprint density at radius 2 is 1.36 bits per heavy atom. The average molecular weight is 563 g/mol. The first kappa shape index (κ1) is 25.7. The predicted molar refractivity (Wildman–Crippen MR) is 132 cm³/mol. The highest BCUT2D eigenvalue weighted by molar-refractivity contribution is 7.86. The highest BCUT2D eigenvalue weighted by atomic mass is 32.2. The molecule has 0 fully saturated rings. The van der Waals surface area contributed by atoms with Crippen LogP contribution < -0.4 is 0 Å². The maximum atomic E-state index is 14.2. The maximum absolute atomic E-state index is 14.2. The molecule has 5 nitrogen and oxygen atoms in total. The van der Waals surface area contributed by atoms with Gasteiger partial charge in [0.15, 0.2) is 0 Å². The second-order valence-corrected chi connectivity index (χ2v) is 11.3. The molecule has 3 aliphatic rings. The van der Waals surface area contributed by atoms with Gasteiger partial charge in [-0.3, -0.25) is 9.35 Å². The van der Waals surface area contributed by atoms with Gasteiger partial charge in [-0.15, -0.1) is 0 Å². The third kappa shape index (κ3) is 3.81. The molecule has 3 aliphatic carbocycles. The summed E-state index contributed by atoms with van der Waals surface area (Å²) in [5.74, 6) is -4.23. The monoisotopic (exact) mass is 562 g/mol. The minimum atomic E-state index is -6.55. The molecule has 4 aromatic rings. The molecule has 4 atom stereocenters. The fraction of sp³-hybridized carbons (Fsp3) is 0.250. The Morgan fingerprint density at radius 1 is 0.821 bits per heavy atom. The number of halogens is 5. The van der Waals surface area contributed by atoms with E-state index in [9.17, 15) is 35.2 Å². The minimum absolute atomic E-state index is 0.0299. The Kier molecular flexibility index (Phi) is 5.58. The van der Waals surface area contributed by atoms with Gasteiger partial charge in [-0.2, -0.15) is 30.4 Å². The van der Waals surface area contributed by atoms with Crippen molar-refractivity contribution >= 4 is 37.6 Å². The fourth-order valence-corrected chi connectivity index (χ4v) is 6.65. The van der Waals surface area contributed by atoms with Crippen molar-refractivity contribution in [3.05, 3.63) is 95.1 Å². The molecule has 0 radical (unpaired) electrons. The number of hydrogen-bond acceptors (Lipinski definition) is 4. The zero-order valence-electron chi connectivity index (χ0n) is 19.8. The van der Waals surface area contributed by atoms with Crippen molar-refractivity contribution < 1.29 is 44.5 Å². The Balaban J connectivity index is 1.52. The van der Waals surface area contributed by atoms with Crippen LogP contribution in [0.2, 0.25) is 0 Å². The highest BCUT2D eigenvalue weighted by Gasteiger charge is 2.66. The number of alkyl halides is 5. The number of esters is 1. The molecule has 39 heavy (non-hydrogen) atoms. The molecule has 1 N–H and O–H groups in total. The van der Waals surface area contributed by atoms with Crippen molar-refractivity contribution in [3.63, 3.8) is 0 Å². The van der Waals surface area contributed by atoms with E-state index in [0.717, 1.165) is 32.7 Å². The van der Waals surface area contributed by atoms with Gasteiger partial charge in [-0.25, -0.2) is 0 Å². The van der Waals surface area contributed by atoms with Gasteiger partial charge in [0, 0.05) is 11.8 Å². The lowest BCUT2D eigenvalue weighted by Gasteiger charge is -2.46. The van der Waals surface area contributed by atoms with Gasteiger partial charge in [-0.05, 0) is 50.2 Å². The van der Waals surface area contributed by atoms with E-state index in [0.29, 0.717) is 11.1 Å². The van der Waals surface area contributed by atoms with E-state index in [1.807, 2.05) is 60.7 Å². The Labute approximate surface area is 218 Å². The van der Waals surface area contributed by atoms with E-state index in [2.05, 4.69) is 4.74 Å². The number of carbonyl (C=O) groups is 1. The minimum Gasteiger partial charge on any atom is -0.444 e. The van der Waals surface area contributed by atoms with Gasteiger partial charge in [0.05, 0.1) is 5.92 Å². The van der Waals surface area contributed by atoms with Crippen LogP contribution >= 0.6 is 0 Å². The van der Waals surface area contributed by atoms with Gasteiger partial charge in [0.1, 0.15) is 0 Å². The van der Waals surface area contributed by atoms with Gasteiger partial charge < -0.3 is 4.74 Å². The first-order chi connectivity index (χ1) is 18.3. The smallest absolute Gasteiger partial charge is 0.432 e. The Hall–Kier alpha value is -3.57. The topological polar surface area (TPSA) is 80.7 Å². The molecule has 0 aromatic heterocycles. The van der Waals surface area contributed by atoms with Crippen LogP contribution in [0.4, 0.5) is 22.0 Å². The maximum Gasteiger partial charge on any atom is 0.432 e. The van der Waals surface area contributed by atoms with Crippen molar-refractivity contribution in [1.29, 1.82) is 0 Å². The molecule has 202 valence electrons. The van der Waals surface area contributed by atoms with E-state index < -0.39 is 51.4 Å². The van der Waals surface area contributed by atoms with Crippen LogP contribution in [-0.4, -0.2) is 36.5 Å². The molecule has 4 aromatic carbocycles. The van der Waals surface area contributed by atoms with Crippen molar-refractivity contribution in [3.8, 4) is 0 Å². The zero-order valence-corrected chi connectivity index (χ0v) is 20.6. The quantitative estimate of drug-likeness (QED) is 0.174. The number of hydrogen-bond donors (Lipinski definition) is 1. The summed E-state index contributed by atoms with van der Waals surface area (Å²) in [6.45, 7) is 0. The van der Waals surface area contributed by atoms with Gasteiger partial charge in [-0.1, -0.05) is 72.8 Å². The van der Waals surface area contributed by atoms with Crippen LogP contribution in [0.5, 0.6) is 0 Å². The molecule has 4 unspecified atom stereocenters. The van der Waals surface area contributed by atoms with E-state index in [1.165, 1.54) is 0 Å². The predicted octanol–water partition coefficient (Wildman–Crippen LogP) is 6.54. The highest BCUT2D eigenvalue weighted by Crippen LogP contribution is 2.59. The second-order valence-electron chi connectivity index (χ2n) is 9.85. The zero-order chi connectivity index (χ0) is 27.9. The van der Waals surface area contributed by atoms with Crippen molar-refractivity contribution in [2.45, 2.75) is 35.8 Å². The van der Waals surface area contributed by atoms with E-state index in [-0.39, 0.29) is 6.42 Å². The second kappa shape index (κ2) is 8.46. The SMILES string of the molecule is O=C(OC(C(F)(F)F)C(F)(F)S(=O)(=O)O)C1CC2c3ccc4ccccc4c3C1c1ccc3ccccc3c12. The fourth-order valence-electron chi connectivity index (χ4n) is 6.20. The molecule has 0 heterocycles. The summed E-state index contributed by atoms with van der Waals surface area (Å²) in [7, 11) is -6.55. The molecule has 0 spiro atoms. The molecule has 11 heteroatoms. The summed E-state index contributed by atoms with van der Waals surface area (Å²) >= 11 is 0. The summed E-state index contributed by atoms with van der Waals surface area (Å²) < 4.78 is 105. The standard InChI is InChI=1S/C28H19F5O5S/c29-27(30,31)26(28(32,33)39(35,36)37)38-25(34)21-13-20-18-11-9-15-6-2-4-8-17(15)23(18)24(21)19-12-10-14-5-1-3-7-16(14)22(19)20/h1-12,20-21,24,26H,13H2,(H,35,36,37). The summed E-state index contributed by atoms with van der Waals surface area (Å²) in [5, 5.41) is -2.38. The normalized spacial score (nSPS) is 21.4. The van der Waals surface area contributed by atoms with Gasteiger partial charge >= 0.3 is 27.5 Å². The van der Waals surface area contributed by atoms with Crippen molar-refractivity contribution in [2.75, 3.05) is 0 Å². The van der Waals surface area contributed by atoms with Crippen LogP contribution in [0.3, 0.4) is 0 Å². The van der Waals surface area contributed by atoms with Crippen LogP contribution in [0.1, 0.15) is 40.5 Å². The van der Waals surface area contributed by atoms with Crippen LogP contribution in [0.15, 0.2) is 72.8 Å². The molecule has 0 aliphatic heterocycles. The molecular weight excluding hydrogens is 543 g/mol. The number of fused-ring (bicyclic) bond motifs is 3. The first-order valence-electron chi connectivity index (χ1n) is 12.0. The summed E-state index contributed by atoms with van der Waals surface area (Å²) in [6, 6.07) is 22.2. The van der Waals surface area contributed by atoms with E-state index >= 15 is 0 Å². The van der Waals surface area contributed by atoms with Gasteiger partial charge in [0.25, 0.3) is 6.10 Å². The van der Waals surface area contributed by atoms with Gasteiger partial charge in [0.2, 0.25) is 0 Å². The first-order valence-corrected chi connectivity index (χ1v) is 13.4. The lowest BCUT2D eigenvalue weighted by Crippen LogP contribution is -2.53. The van der Waals surface area contributed by atoms with Crippen LogP contribution in [0, 0.1) is 5.92 Å². The summed E-state index contributed by atoms with van der Waals surface area (Å²) in [4.78, 5) is 13.3. The summed E-state index contributed by atoms with van der Waals surface area (Å²) in [5.41, 5.74) is 3.14. The summed E-state index contributed by atoms with van der Waals surface area (Å²) in [6.07, 6.45) is -10.4. The average Bonchev–Trinajstić information content (AvgIpc) is 2.89. The van der Waals surface area contributed by atoms with Crippen LogP contribution in [-0.2, 0) is 19.6 Å². The molecule has 2 bridgehead atoms. The molecule has 0 saturated carbocycles. The van der Waals surface area contributed by atoms with Crippen molar-refractivity contribution in [1.82, 2.24) is 0 Å². The third-order valence-corrected chi connectivity index (χ3v) is 8.66. The third-order valence-electron chi connectivity index (χ3n) is 7.75.